The zero-order valence-corrected chi connectivity index (χ0v) is 12.1. The summed E-state index contributed by atoms with van der Waals surface area (Å²) in [7, 11) is 0. The SMILES string of the molecule is CCOC(=O)C1CCC(N(CCO)C(=O)CCl)CC1. The van der Waals surface area contributed by atoms with E-state index in [0.717, 1.165) is 25.7 Å². The van der Waals surface area contributed by atoms with Crippen molar-refractivity contribution in [2.75, 3.05) is 25.6 Å². The van der Waals surface area contributed by atoms with Crippen LogP contribution in [0.1, 0.15) is 32.6 Å². The molecule has 6 heteroatoms. The molecule has 0 aromatic carbocycles. The van der Waals surface area contributed by atoms with Gasteiger partial charge >= 0.3 is 5.97 Å². The second-order valence-corrected chi connectivity index (χ2v) is 4.97. The second-order valence-electron chi connectivity index (χ2n) is 4.70. The van der Waals surface area contributed by atoms with E-state index in [1.54, 1.807) is 11.8 Å². The smallest absolute Gasteiger partial charge is 0.308 e. The zero-order valence-electron chi connectivity index (χ0n) is 11.3. The lowest BCUT2D eigenvalue weighted by molar-refractivity contribution is -0.149. The fourth-order valence-electron chi connectivity index (χ4n) is 2.58. The lowest BCUT2D eigenvalue weighted by Crippen LogP contribution is -2.45. The van der Waals surface area contributed by atoms with Crippen molar-refractivity contribution in [2.24, 2.45) is 5.92 Å². The minimum absolute atomic E-state index is 0.0571. The normalized spacial score (nSPS) is 22.9. The van der Waals surface area contributed by atoms with Gasteiger partial charge in [0.15, 0.2) is 0 Å². The average Bonchev–Trinajstić information content (AvgIpc) is 2.44. The number of hydrogen-bond donors (Lipinski definition) is 1. The first-order valence-electron chi connectivity index (χ1n) is 6.76. The van der Waals surface area contributed by atoms with Crippen molar-refractivity contribution < 1.29 is 19.4 Å². The van der Waals surface area contributed by atoms with Gasteiger partial charge in [-0.05, 0) is 32.6 Å². The molecule has 0 saturated heterocycles. The summed E-state index contributed by atoms with van der Waals surface area (Å²) < 4.78 is 5.01. The fraction of sp³-hybridized carbons (Fsp3) is 0.846. The number of aliphatic hydroxyl groups is 1. The maximum absolute atomic E-state index is 11.7. The minimum atomic E-state index is -0.157. The number of rotatable bonds is 6. The van der Waals surface area contributed by atoms with Crippen molar-refractivity contribution in [3.63, 3.8) is 0 Å². The summed E-state index contributed by atoms with van der Waals surface area (Å²) in [5, 5.41) is 9.01. The lowest BCUT2D eigenvalue weighted by atomic mass is 9.85. The highest BCUT2D eigenvalue weighted by Gasteiger charge is 2.31. The first-order valence-corrected chi connectivity index (χ1v) is 7.30. The van der Waals surface area contributed by atoms with E-state index in [2.05, 4.69) is 0 Å². The highest BCUT2D eigenvalue weighted by molar-refractivity contribution is 6.27. The van der Waals surface area contributed by atoms with Gasteiger partial charge in [-0.2, -0.15) is 0 Å². The van der Waals surface area contributed by atoms with Crippen molar-refractivity contribution in [3.8, 4) is 0 Å². The number of carbonyl (C=O) groups excluding carboxylic acids is 2. The van der Waals surface area contributed by atoms with Gasteiger partial charge in [0.25, 0.3) is 0 Å². The number of esters is 1. The molecule has 1 aliphatic rings. The molecule has 1 aliphatic carbocycles. The van der Waals surface area contributed by atoms with E-state index < -0.39 is 0 Å². The van der Waals surface area contributed by atoms with Crippen LogP contribution < -0.4 is 0 Å². The van der Waals surface area contributed by atoms with Crippen molar-refractivity contribution in [2.45, 2.75) is 38.6 Å². The maximum Gasteiger partial charge on any atom is 0.308 e. The van der Waals surface area contributed by atoms with Gasteiger partial charge in [-0.15, -0.1) is 11.6 Å². The molecular formula is C13H22ClNO4. The van der Waals surface area contributed by atoms with Gasteiger partial charge in [-0.25, -0.2) is 0 Å². The van der Waals surface area contributed by atoms with E-state index in [1.807, 2.05) is 0 Å². The summed E-state index contributed by atoms with van der Waals surface area (Å²) in [6.07, 6.45) is 2.96. The van der Waals surface area contributed by atoms with E-state index in [0.29, 0.717) is 13.2 Å². The molecule has 0 radical (unpaired) electrons. The zero-order chi connectivity index (χ0) is 14.3. The van der Waals surface area contributed by atoms with E-state index in [1.165, 1.54) is 0 Å². The summed E-state index contributed by atoms with van der Waals surface area (Å²) in [4.78, 5) is 25.0. The summed E-state index contributed by atoms with van der Waals surface area (Å²) >= 11 is 5.58. The van der Waals surface area contributed by atoms with E-state index in [9.17, 15) is 9.59 Å². The van der Waals surface area contributed by atoms with Crippen LogP contribution in [0.15, 0.2) is 0 Å². The van der Waals surface area contributed by atoms with E-state index >= 15 is 0 Å². The molecular weight excluding hydrogens is 270 g/mol. The largest absolute Gasteiger partial charge is 0.466 e. The van der Waals surface area contributed by atoms with Crippen LogP contribution in [0.25, 0.3) is 0 Å². The fourth-order valence-corrected chi connectivity index (χ4v) is 2.73. The number of alkyl halides is 1. The Balaban J connectivity index is 2.50. The minimum Gasteiger partial charge on any atom is -0.466 e. The van der Waals surface area contributed by atoms with Gasteiger partial charge in [0.05, 0.1) is 19.1 Å². The summed E-state index contributed by atoms with van der Waals surface area (Å²) in [5.41, 5.74) is 0. The number of halogens is 1. The monoisotopic (exact) mass is 291 g/mol. The van der Waals surface area contributed by atoms with Crippen LogP contribution in [-0.2, 0) is 14.3 Å². The van der Waals surface area contributed by atoms with Crippen LogP contribution >= 0.6 is 11.6 Å². The predicted octanol–water partition coefficient (Wildman–Crippen LogP) is 1.17. The van der Waals surface area contributed by atoms with Gasteiger partial charge in [-0.1, -0.05) is 0 Å². The third kappa shape index (κ3) is 4.66. The van der Waals surface area contributed by atoms with Crippen molar-refractivity contribution >= 4 is 23.5 Å². The van der Waals surface area contributed by atoms with E-state index in [4.69, 9.17) is 21.4 Å². The molecule has 0 atom stereocenters. The Labute approximate surface area is 118 Å². The molecule has 1 rings (SSSR count). The molecule has 0 aromatic rings. The first kappa shape index (κ1) is 16.2. The molecule has 0 aromatic heterocycles. The van der Waals surface area contributed by atoms with Gasteiger partial charge in [0, 0.05) is 12.6 Å². The molecule has 1 fully saturated rings. The number of hydrogen-bond acceptors (Lipinski definition) is 4. The van der Waals surface area contributed by atoms with Crippen molar-refractivity contribution in [1.29, 1.82) is 0 Å². The van der Waals surface area contributed by atoms with Crippen LogP contribution in [0.5, 0.6) is 0 Å². The molecule has 19 heavy (non-hydrogen) atoms. The van der Waals surface area contributed by atoms with Gasteiger partial charge < -0.3 is 14.7 Å². The standard InChI is InChI=1S/C13H22ClNO4/c1-2-19-13(18)10-3-5-11(6-4-10)15(7-8-16)12(17)9-14/h10-11,16H,2-9H2,1H3. The van der Waals surface area contributed by atoms with Gasteiger partial charge in [0.2, 0.25) is 5.91 Å². The molecule has 1 saturated carbocycles. The van der Waals surface area contributed by atoms with Crippen LogP contribution in [0.2, 0.25) is 0 Å². The van der Waals surface area contributed by atoms with Gasteiger partial charge in [-0.3, -0.25) is 9.59 Å². The van der Waals surface area contributed by atoms with Crippen LogP contribution in [0, 0.1) is 5.92 Å². The molecule has 1 amide bonds. The number of ether oxygens (including phenoxy) is 1. The third-order valence-electron chi connectivity index (χ3n) is 3.53. The molecule has 0 heterocycles. The number of nitrogens with zero attached hydrogens (tertiary/aromatic N) is 1. The predicted molar refractivity (Wildman–Crippen MR) is 71.9 cm³/mol. The Morgan fingerprint density at radius 2 is 1.95 bits per heavy atom. The average molecular weight is 292 g/mol. The van der Waals surface area contributed by atoms with Crippen molar-refractivity contribution in [3.05, 3.63) is 0 Å². The number of aliphatic hydroxyl groups excluding tert-OH is 1. The van der Waals surface area contributed by atoms with Crippen LogP contribution in [0.3, 0.4) is 0 Å². The highest BCUT2D eigenvalue weighted by Crippen LogP contribution is 2.28. The number of amides is 1. The molecule has 0 spiro atoms. The molecule has 0 unspecified atom stereocenters. The topological polar surface area (TPSA) is 66.8 Å². The van der Waals surface area contributed by atoms with Gasteiger partial charge in [0.1, 0.15) is 5.88 Å². The van der Waals surface area contributed by atoms with Crippen LogP contribution in [0.4, 0.5) is 0 Å². The second kappa shape index (κ2) is 8.38. The lowest BCUT2D eigenvalue weighted by Gasteiger charge is -2.35. The molecule has 0 bridgehead atoms. The van der Waals surface area contributed by atoms with E-state index in [-0.39, 0.29) is 36.3 Å². The Kier molecular flexibility index (Phi) is 7.16. The molecule has 1 N–H and O–H groups in total. The van der Waals surface area contributed by atoms with Crippen molar-refractivity contribution in [1.82, 2.24) is 4.90 Å². The highest BCUT2D eigenvalue weighted by atomic mass is 35.5. The summed E-state index contributed by atoms with van der Waals surface area (Å²) in [5.74, 6) is -0.426. The Bertz CT molecular complexity index is 303. The number of carbonyl (C=O) groups is 2. The Morgan fingerprint density at radius 1 is 1.32 bits per heavy atom. The summed E-state index contributed by atoms with van der Waals surface area (Å²) in [6, 6.07) is 0.0732. The quantitative estimate of drug-likeness (QED) is 0.589. The maximum atomic E-state index is 11.7. The summed E-state index contributed by atoms with van der Waals surface area (Å²) in [6.45, 7) is 2.44. The first-order chi connectivity index (χ1) is 9.13. The molecule has 0 aliphatic heterocycles. The Hall–Kier alpha value is -0.810. The third-order valence-corrected chi connectivity index (χ3v) is 3.76. The molecule has 110 valence electrons. The Morgan fingerprint density at radius 3 is 2.42 bits per heavy atom. The van der Waals surface area contributed by atoms with Crippen LogP contribution in [-0.4, -0.2) is 53.6 Å². The molecule has 5 nitrogen and oxygen atoms in total.